The third-order valence-corrected chi connectivity index (χ3v) is 10.5. The molecule has 2 N–H and O–H groups in total. The van der Waals surface area contributed by atoms with E-state index in [0.717, 1.165) is 60.9 Å². The largest absolute Gasteiger partial charge is 0.392 e. The number of aryl methyl sites for hydroxylation is 3. The van der Waals surface area contributed by atoms with Crippen molar-refractivity contribution in [1.29, 1.82) is 0 Å². The van der Waals surface area contributed by atoms with Crippen LogP contribution in [-0.2, 0) is 20.1 Å². The Morgan fingerprint density at radius 1 is 0.825 bits per heavy atom. The van der Waals surface area contributed by atoms with Crippen LogP contribution >= 0.6 is 0 Å². The fourth-order valence-electron chi connectivity index (χ4n) is 7.83. The molecule has 0 bridgehead atoms. The van der Waals surface area contributed by atoms with Gasteiger partial charge in [0.25, 0.3) is 0 Å². The summed E-state index contributed by atoms with van der Waals surface area (Å²) in [5.74, 6) is 0.636. The van der Waals surface area contributed by atoms with Crippen molar-refractivity contribution in [2.75, 3.05) is 0 Å². The zero-order valence-electron chi connectivity index (χ0n) is 25.7. The van der Waals surface area contributed by atoms with E-state index in [4.69, 9.17) is 4.98 Å². The molecule has 0 saturated heterocycles. The van der Waals surface area contributed by atoms with Crippen LogP contribution in [0.3, 0.4) is 0 Å². The van der Waals surface area contributed by atoms with Crippen molar-refractivity contribution in [2.45, 2.75) is 112 Å². The number of aliphatic hydroxyl groups excluding tert-OH is 2. The monoisotopic (exact) mass is 721 g/mol. The second-order valence-electron chi connectivity index (χ2n) is 12.6. The molecule has 221 valence electrons. The van der Waals surface area contributed by atoms with Gasteiger partial charge in [-0.1, -0.05) is 72.2 Å². The average Bonchev–Trinajstić information content (AvgIpc) is 3.13. The van der Waals surface area contributed by atoms with E-state index in [1.165, 1.54) is 29.4 Å². The van der Waals surface area contributed by atoms with Crippen LogP contribution in [0.25, 0.3) is 22.2 Å². The van der Waals surface area contributed by atoms with Crippen molar-refractivity contribution in [2.24, 2.45) is 22.7 Å². The molecule has 2 aliphatic rings. The third-order valence-electron chi connectivity index (χ3n) is 10.5. The maximum absolute atomic E-state index is 11.1. The Hall–Kier alpha value is -1.58. The van der Waals surface area contributed by atoms with Crippen LogP contribution in [0.1, 0.15) is 95.8 Å². The van der Waals surface area contributed by atoms with Gasteiger partial charge in [-0.25, -0.2) is 0 Å². The van der Waals surface area contributed by atoms with Crippen LogP contribution in [0.15, 0.2) is 42.5 Å². The minimum absolute atomic E-state index is 0. The summed E-state index contributed by atoms with van der Waals surface area (Å²) in [7, 11) is 0. The molecular weight excluding hydrogens is 671 g/mol. The maximum Gasteiger partial charge on any atom is 0.0651 e. The smallest absolute Gasteiger partial charge is 0.0651 e. The van der Waals surface area contributed by atoms with Gasteiger partial charge in [-0.05, 0) is 91.3 Å². The molecular formula is C36H50IrNO2-. The summed E-state index contributed by atoms with van der Waals surface area (Å²) in [6, 6.07) is 18.2. The van der Waals surface area contributed by atoms with Crippen LogP contribution in [-0.4, -0.2) is 27.4 Å². The molecule has 1 heterocycles. The van der Waals surface area contributed by atoms with Crippen molar-refractivity contribution in [3.05, 3.63) is 65.2 Å². The van der Waals surface area contributed by atoms with Gasteiger partial charge in [0.1, 0.15) is 0 Å². The number of fused-ring (bicyclic) bond motifs is 2. The van der Waals surface area contributed by atoms with E-state index < -0.39 is 0 Å². The first-order valence-corrected chi connectivity index (χ1v) is 15.4. The molecule has 4 heteroatoms. The van der Waals surface area contributed by atoms with Crippen LogP contribution in [0.4, 0.5) is 0 Å². The second-order valence-corrected chi connectivity index (χ2v) is 12.6. The van der Waals surface area contributed by atoms with Crippen molar-refractivity contribution in [3.8, 4) is 11.3 Å². The Labute approximate surface area is 256 Å². The van der Waals surface area contributed by atoms with Crippen LogP contribution in [0.5, 0.6) is 0 Å². The number of hydrogen-bond acceptors (Lipinski definition) is 3. The zero-order chi connectivity index (χ0) is 28.4. The minimum atomic E-state index is -0.319. The Balaban J connectivity index is 0.000000215. The number of benzene rings is 2. The third kappa shape index (κ3) is 6.41. The number of rotatable bonds is 5. The van der Waals surface area contributed by atoms with Gasteiger partial charge in [0.05, 0.1) is 17.7 Å². The molecule has 40 heavy (non-hydrogen) atoms. The van der Waals surface area contributed by atoms with Gasteiger partial charge < -0.3 is 10.2 Å². The number of nitrogens with zero attached hydrogens (tertiary/aromatic N) is 1. The van der Waals surface area contributed by atoms with Gasteiger partial charge in [-0.2, -0.15) is 0 Å². The molecule has 5 rings (SSSR count). The normalized spacial score (nSPS) is 24.8. The second kappa shape index (κ2) is 13.6. The molecule has 0 amide bonds. The summed E-state index contributed by atoms with van der Waals surface area (Å²) >= 11 is 0. The fraction of sp³-hybridized carbons (Fsp3) is 0.583. The molecule has 3 nitrogen and oxygen atoms in total. The molecule has 4 atom stereocenters. The van der Waals surface area contributed by atoms with Gasteiger partial charge in [0.2, 0.25) is 0 Å². The standard InChI is InChI=1S/C18H16N.C18H34O2.Ir/c1-12-4-5-15-6-7-17(19-18(15)11-12)16-9-13(2)8-14(3)10-16;1-5-17(6-2)11-9-10-13-12-18(7-3,8-4)16(20)14(13)15(17)19;/h4-9,11H,1-3H3;13-16,19-20H,5-12H2,1-4H3;/q-1;;. The van der Waals surface area contributed by atoms with Gasteiger partial charge in [-0.15, -0.1) is 34.9 Å². The van der Waals surface area contributed by atoms with E-state index in [1.807, 2.05) is 0 Å². The first kappa shape index (κ1) is 32.9. The van der Waals surface area contributed by atoms with E-state index >= 15 is 0 Å². The quantitative estimate of drug-likeness (QED) is 0.259. The Morgan fingerprint density at radius 2 is 1.45 bits per heavy atom. The van der Waals surface area contributed by atoms with Gasteiger partial charge >= 0.3 is 0 Å². The minimum Gasteiger partial charge on any atom is -0.392 e. The van der Waals surface area contributed by atoms with E-state index in [0.29, 0.717) is 5.92 Å². The summed E-state index contributed by atoms with van der Waals surface area (Å²) in [5, 5.41) is 23.3. The van der Waals surface area contributed by atoms with Crippen LogP contribution < -0.4 is 0 Å². The maximum atomic E-state index is 11.1. The number of hydrogen-bond donors (Lipinski definition) is 2. The zero-order valence-corrected chi connectivity index (χ0v) is 28.1. The number of aromatic nitrogens is 1. The molecule has 4 unspecified atom stereocenters. The van der Waals surface area contributed by atoms with Crippen molar-refractivity contribution in [1.82, 2.24) is 4.98 Å². The summed E-state index contributed by atoms with van der Waals surface area (Å²) in [6.07, 6.45) is 8.17. The van der Waals surface area contributed by atoms with Crippen LogP contribution in [0, 0.1) is 49.5 Å². The molecule has 1 aromatic heterocycles. The predicted octanol–water partition coefficient (Wildman–Crippen LogP) is 8.77. The first-order valence-electron chi connectivity index (χ1n) is 15.4. The van der Waals surface area contributed by atoms with Crippen LogP contribution in [0.2, 0.25) is 0 Å². The van der Waals surface area contributed by atoms with E-state index in [2.05, 4.69) is 97.0 Å². The molecule has 1 radical (unpaired) electrons. The molecule has 2 aromatic carbocycles. The first-order chi connectivity index (χ1) is 18.6. The summed E-state index contributed by atoms with van der Waals surface area (Å²) in [6.45, 7) is 15.1. The number of aliphatic hydroxyl groups is 2. The van der Waals surface area contributed by atoms with Gasteiger partial charge in [0.15, 0.2) is 0 Å². The Bertz CT molecular complexity index is 1240. The molecule has 2 aliphatic carbocycles. The molecule has 0 spiro atoms. The molecule has 0 aliphatic heterocycles. The Morgan fingerprint density at radius 3 is 2.08 bits per heavy atom. The summed E-state index contributed by atoms with van der Waals surface area (Å²) in [4.78, 5) is 4.76. The van der Waals surface area contributed by atoms with E-state index in [9.17, 15) is 10.2 Å². The SMILES string of the molecule is CCC1(CC)CCCC2CC(CC)(CC)C(O)C2C1O.Cc1[c-]c(-c2ccc3ccc(C)cc3n2)cc(C)c1.[Ir]. The van der Waals surface area contributed by atoms with Gasteiger partial charge in [0, 0.05) is 26.0 Å². The summed E-state index contributed by atoms with van der Waals surface area (Å²) < 4.78 is 0. The Kier molecular flexibility index (Phi) is 11.2. The van der Waals surface area contributed by atoms with Gasteiger partial charge in [-0.3, -0.25) is 4.98 Å². The molecule has 3 aromatic rings. The van der Waals surface area contributed by atoms with Crippen molar-refractivity contribution < 1.29 is 30.3 Å². The van der Waals surface area contributed by atoms with E-state index in [-0.39, 0.29) is 49.1 Å². The van der Waals surface area contributed by atoms with E-state index in [1.54, 1.807) is 0 Å². The average molecular weight is 721 g/mol. The van der Waals surface area contributed by atoms with Crippen molar-refractivity contribution in [3.63, 3.8) is 0 Å². The molecule has 2 fully saturated rings. The summed E-state index contributed by atoms with van der Waals surface area (Å²) in [5.41, 5.74) is 6.84. The predicted molar refractivity (Wildman–Crippen MR) is 164 cm³/mol. The van der Waals surface area contributed by atoms with Crippen molar-refractivity contribution >= 4 is 10.9 Å². The molecule has 2 saturated carbocycles. The fourth-order valence-corrected chi connectivity index (χ4v) is 7.83. The topological polar surface area (TPSA) is 53.4 Å². The number of pyridine rings is 1.